The summed E-state index contributed by atoms with van der Waals surface area (Å²) in [6.07, 6.45) is 22.9. The second-order valence-corrected chi connectivity index (χ2v) is 9.27. The predicted molar refractivity (Wildman–Crippen MR) is 136 cm³/mol. The molecule has 0 aromatic carbocycles. The summed E-state index contributed by atoms with van der Waals surface area (Å²) in [7, 11) is 0. The SMILES string of the molecule is CCCN1CCC(N(CC2=CC=CC(C#CC(C)(O)C3=CCC=CC=C3)=CC2)C(C)=O)CC1. The van der Waals surface area contributed by atoms with Crippen molar-refractivity contribution in [1.82, 2.24) is 9.80 Å². The highest BCUT2D eigenvalue weighted by atomic mass is 16.3. The number of allylic oxidation sites excluding steroid dienone is 9. The van der Waals surface area contributed by atoms with Gasteiger partial charge in [0.2, 0.25) is 5.91 Å². The van der Waals surface area contributed by atoms with Crippen LogP contribution in [0.5, 0.6) is 0 Å². The molecule has 1 amide bonds. The van der Waals surface area contributed by atoms with Crippen molar-refractivity contribution in [2.24, 2.45) is 0 Å². The molecule has 4 heteroatoms. The van der Waals surface area contributed by atoms with E-state index in [4.69, 9.17) is 0 Å². The Kier molecular flexibility index (Phi) is 9.11. The van der Waals surface area contributed by atoms with Crippen LogP contribution in [0.1, 0.15) is 52.9 Å². The van der Waals surface area contributed by atoms with Gasteiger partial charge in [0.1, 0.15) is 5.60 Å². The smallest absolute Gasteiger partial charge is 0.219 e. The highest BCUT2D eigenvalue weighted by molar-refractivity contribution is 5.74. The van der Waals surface area contributed by atoms with Crippen LogP contribution < -0.4 is 0 Å². The summed E-state index contributed by atoms with van der Waals surface area (Å²) in [6, 6.07) is 0.317. The molecule has 0 aromatic heterocycles. The van der Waals surface area contributed by atoms with Gasteiger partial charge in [-0.1, -0.05) is 67.4 Å². The third-order valence-corrected chi connectivity index (χ3v) is 6.52. The summed E-state index contributed by atoms with van der Waals surface area (Å²) < 4.78 is 0. The minimum Gasteiger partial charge on any atom is -0.374 e. The summed E-state index contributed by atoms with van der Waals surface area (Å²) in [4.78, 5) is 17.0. The summed E-state index contributed by atoms with van der Waals surface area (Å²) >= 11 is 0. The van der Waals surface area contributed by atoms with Crippen molar-refractivity contribution < 1.29 is 9.90 Å². The van der Waals surface area contributed by atoms with Gasteiger partial charge >= 0.3 is 0 Å². The van der Waals surface area contributed by atoms with Crippen LogP contribution in [0, 0.1) is 11.8 Å². The topological polar surface area (TPSA) is 43.8 Å². The molecule has 4 nitrogen and oxygen atoms in total. The minimum absolute atomic E-state index is 0.150. The third-order valence-electron chi connectivity index (χ3n) is 6.52. The lowest BCUT2D eigenvalue weighted by Crippen LogP contribution is -2.47. The van der Waals surface area contributed by atoms with Crippen molar-refractivity contribution in [2.45, 2.75) is 64.5 Å². The molecule has 0 spiro atoms. The van der Waals surface area contributed by atoms with Crippen molar-refractivity contribution in [1.29, 1.82) is 0 Å². The average Bonchev–Trinajstić information content (AvgIpc) is 3.21. The number of carbonyl (C=O) groups is 1. The first-order valence-electron chi connectivity index (χ1n) is 12.2. The zero-order valence-electron chi connectivity index (χ0n) is 20.4. The number of piperidine rings is 1. The maximum Gasteiger partial charge on any atom is 0.219 e. The van der Waals surface area contributed by atoms with Gasteiger partial charge in [0.25, 0.3) is 0 Å². The van der Waals surface area contributed by atoms with E-state index in [0.29, 0.717) is 12.6 Å². The maximum absolute atomic E-state index is 12.4. The standard InChI is InChI=1S/C29H38N2O2/c1-4-20-30-21-17-28(18-22-30)31(24(2)32)23-26-11-9-10-25(14-15-26)16-19-29(3,33)27-12-7-5-6-8-13-27/h5-7,9-14,28,33H,4,8,15,17-18,20-23H2,1-3H3. The van der Waals surface area contributed by atoms with Gasteiger partial charge in [0.05, 0.1) is 0 Å². The van der Waals surface area contributed by atoms with Crippen molar-refractivity contribution in [3.8, 4) is 11.8 Å². The Morgan fingerprint density at radius 2 is 2.00 bits per heavy atom. The van der Waals surface area contributed by atoms with Gasteiger partial charge in [-0.25, -0.2) is 0 Å². The van der Waals surface area contributed by atoms with E-state index in [1.807, 2.05) is 36.5 Å². The molecule has 0 saturated carbocycles. The van der Waals surface area contributed by atoms with Crippen molar-refractivity contribution in [2.75, 3.05) is 26.2 Å². The quantitative estimate of drug-likeness (QED) is 0.601. The molecule has 3 aliphatic rings. The van der Waals surface area contributed by atoms with Crippen molar-refractivity contribution in [3.63, 3.8) is 0 Å². The molecule has 1 atom stereocenters. The number of carbonyl (C=O) groups excluding carboxylic acids is 1. The van der Waals surface area contributed by atoms with E-state index in [1.54, 1.807) is 13.8 Å². The maximum atomic E-state index is 12.4. The number of likely N-dealkylation sites (tertiary alicyclic amines) is 1. The number of aliphatic hydroxyl groups is 1. The van der Waals surface area contributed by atoms with Crippen LogP contribution in [-0.4, -0.2) is 58.6 Å². The molecule has 33 heavy (non-hydrogen) atoms. The molecule has 1 fully saturated rings. The van der Waals surface area contributed by atoms with E-state index in [1.165, 1.54) is 12.0 Å². The molecular formula is C29H38N2O2. The monoisotopic (exact) mass is 446 g/mol. The first-order valence-corrected chi connectivity index (χ1v) is 12.2. The van der Waals surface area contributed by atoms with Crippen LogP contribution in [0.15, 0.2) is 71.4 Å². The zero-order valence-corrected chi connectivity index (χ0v) is 20.4. The van der Waals surface area contributed by atoms with Crippen LogP contribution >= 0.6 is 0 Å². The fourth-order valence-electron chi connectivity index (χ4n) is 4.57. The number of amides is 1. The van der Waals surface area contributed by atoms with E-state index in [-0.39, 0.29) is 5.91 Å². The summed E-state index contributed by atoms with van der Waals surface area (Å²) in [5.74, 6) is 6.35. The fourth-order valence-corrected chi connectivity index (χ4v) is 4.57. The molecule has 0 aromatic rings. The lowest BCUT2D eigenvalue weighted by atomic mass is 9.95. The Morgan fingerprint density at radius 1 is 1.21 bits per heavy atom. The third kappa shape index (κ3) is 7.45. The molecule has 1 aliphatic heterocycles. The summed E-state index contributed by atoms with van der Waals surface area (Å²) in [5.41, 5.74) is 1.72. The molecule has 1 heterocycles. The molecule has 1 unspecified atom stereocenters. The van der Waals surface area contributed by atoms with Crippen LogP contribution in [0.25, 0.3) is 0 Å². The van der Waals surface area contributed by atoms with Gasteiger partial charge in [0, 0.05) is 38.2 Å². The Hall–Kier alpha value is -2.61. The number of nitrogens with zero attached hydrogens (tertiary/aromatic N) is 2. The molecule has 2 aliphatic carbocycles. The lowest BCUT2D eigenvalue weighted by molar-refractivity contribution is -0.131. The Labute approximate surface area is 199 Å². The highest BCUT2D eigenvalue weighted by Crippen LogP contribution is 2.22. The second kappa shape index (κ2) is 12.0. The molecule has 0 bridgehead atoms. The Bertz CT molecular complexity index is 942. The van der Waals surface area contributed by atoms with Crippen LogP contribution in [0.4, 0.5) is 0 Å². The van der Waals surface area contributed by atoms with Gasteiger partial charge in [-0.05, 0) is 62.8 Å². The molecular weight excluding hydrogens is 408 g/mol. The largest absolute Gasteiger partial charge is 0.374 e. The Morgan fingerprint density at radius 3 is 2.73 bits per heavy atom. The van der Waals surface area contributed by atoms with Crippen LogP contribution in [0.3, 0.4) is 0 Å². The second-order valence-electron chi connectivity index (χ2n) is 9.27. The van der Waals surface area contributed by atoms with E-state index in [9.17, 15) is 9.90 Å². The summed E-state index contributed by atoms with van der Waals surface area (Å²) in [5, 5.41) is 10.9. The van der Waals surface area contributed by atoms with Crippen LogP contribution in [-0.2, 0) is 4.79 Å². The first kappa shape index (κ1) is 25.0. The van der Waals surface area contributed by atoms with E-state index >= 15 is 0 Å². The van der Waals surface area contributed by atoms with Gasteiger partial charge in [-0.15, -0.1) is 0 Å². The zero-order chi connectivity index (χ0) is 23.7. The normalized spacial score (nSPS) is 21.0. The average molecular weight is 447 g/mol. The van der Waals surface area contributed by atoms with Gasteiger partial charge < -0.3 is 14.9 Å². The highest BCUT2D eigenvalue weighted by Gasteiger charge is 2.26. The van der Waals surface area contributed by atoms with E-state index < -0.39 is 5.60 Å². The minimum atomic E-state index is -1.20. The lowest BCUT2D eigenvalue weighted by Gasteiger charge is -2.38. The van der Waals surface area contributed by atoms with Crippen molar-refractivity contribution >= 4 is 5.91 Å². The Balaban J connectivity index is 1.62. The molecule has 1 N–H and O–H groups in total. The van der Waals surface area contributed by atoms with Crippen molar-refractivity contribution in [3.05, 3.63) is 71.4 Å². The van der Waals surface area contributed by atoms with Gasteiger partial charge in [-0.3, -0.25) is 4.79 Å². The van der Waals surface area contributed by atoms with Crippen LogP contribution in [0.2, 0.25) is 0 Å². The molecule has 0 radical (unpaired) electrons. The van der Waals surface area contributed by atoms with Gasteiger partial charge in [-0.2, -0.15) is 0 Å². The number of rotatable bonds is 6. The first-order chi connectivity index (χ1) is 15.9. The molecule has 176 valence electrons. The summed E-state index contributed by atoms with van der Waals surface area (Å²) in [6.45, 7) is 9.60. The fraction of sp³-hybridized carbons (Fsp3) is 0.483. The number of hydrogen-bond acceptors (Lipinski definition) is 3. The number of hydrogen-bond donors (Lipinski definition) is 1. The van der Waals surface area contributed by atoms with Gasteiger partial charge in [0.15, 0.2) is 0 Å². The van der Waals surface area contributed by atoms with E-state index in [0.717, 1.165) is 56.5 Å². The molecule has 3 rings (SSSR count). The van der Waals surface area contributed by atoms with E-state index in [2.05, 4.69) is 46.8 Å². The predicted octanol–water partition coefficient (Wildman–Crippen LogP) is 4.72. The molecule has 1 saturated heterocycles.